The molecule has 1 aliphatic rings. The summed E-state index contributed by atoms with van der Waals surface area (Å²) in [4.78, 5) is 19.0. The number of likely N-dealkylation sites (tertiary alicyclic amines) is 1. The number of halogens is 1. The van der Waals surface area contributed by atoms with E-state index in [0.717, 1.165) is 12.0 Å². The molecule has 1 aliphatic heterocycles. The lowest BCUT2D eigenvalue weighted by Crippen LogP contribution is -2.28. The molecule has 1 unspecified atom stereocenters. The third-order valence-corrected chi connectivity index (χ3v) is 4.98. The third kappa shape index (κ3) is 4.62. The third-order valence-electron chi connectivity index (χ3n) is 4.98. The molecule has 1 fully saturated rings. The van der Waals surface area contributed by atoms with Crippen LogP contribution in [0, 0.1) is 12.7 Å². The summed E-state index contributed by atoms with van der Waals surface area (Å²) in [6, 6.07) is 13.5. The number of hydrogen-bond acceptors (Lipinski definition) is 5. The first-order chi connectivity index (χ1) is 14.1. The van der Waals surface area contributed by atoms with Gasteiger partial charge in [0.1, 0.15) is 11.6 Å². The summed E-state index contributed by atoms with van der Waals surface area (Å²) in [6.07, 6.45) is 1.28. The van der Waals surface area contributed by atoms with Gasteiger partial charge in [-0.15, -0.1) is 0 Å². The number of hydrogen-bond donors (Lipinski definition) is 0. The topological polar surface area (TPSA) is 68.5 Å². The highest BCUT2D eigenvalue weighted by atomic mass is 19.1. The predicted molar refractivity (Wildman–Crippen MR) is 104 cm³/mol. The van der Waals surface area contributed by atoms with Gasteiger partial charge in [-0.2, -0.15) is 4.98 Å². The van der Waals surface area contributed by atoms with Crippen LogP contribution < -0.4 is 4.74 Å². The van der Waals surface area contributed by atoms with Gasteiger partial charge in [-0.05, 0) is 49.7 Å². The summed E-state index contributed by atoms with van der Waals surface area (Å²) >= 11 is 0. The molecule has 29 heavy (non-hydrogen) atoms. The Morgan fingerprint density at radius 1 is 1.28 bits per heavy atom. The first-order valence-electron chi connectivity index (χ1n) is 9.65. The summed E-state index contributed by atoms with van der Waals surface area (Å²) in [6.45, 7) is 3.58. The molecule has 0 saturated carbocycles. The maximum absolute atomic E-state index is 12.9. The molecule has 150 valence electrons. The number of aryl methyl sites for hydroxylation is 1. The number of rotatable bonds is 6. The first kappa shape index (κ1) is 19.1. The van der Waals surface area contributed by atoms with Gasteiger partial charge in [-0.1, -0.05) is 22.9 Å². The van der Waals surface area contributed by atoms with Gasteiger partial charge in [-0.3, -0.25) is 4.79 Å². The lowest BCUT2D eigenvalue weighted by molar-refractivity contribution is 0.0789. The van der Waals surface area contributed by atoms with Crippen LogP contribution >= 0.6 is 0 Å². The largest absolute Gasteiger partial charge is 0.493 e. The summed E-state index contributed by atoms with van der Waals surface area (Å²) in [5.41, 5.74) is 1.77. The molecular formula is C22H22FN3O3. The maximum atomic E-state index is 12.9. The van der Waals surface area contributed by atoms with Gasteiger partial charge < -0.3 is 14.2 Å². The molecule has 1 atom stereocenters. The van der Waals surface area contributed by atoms with Gasteiger partial charge in [-0.25, -0.2) is 4.39 Å². The van der Waals surface area contributed by atoms with Crippen molar-refractivity contribution in [2.45, 2.75) is 25.7 Å². The van der Waals surface area contributed by atoms with Crippen LogP contribution in [0.4, 0.5) is 4.39 Å². The van der Waals surface area contributed by atoms with Crippen LogP contribution in [0.3, 0.4) is 0 Å². The van der Waals surface area contributed by atoms with Gasteiger partial charge in [0.25, 0.3) is 5.91 Å². The van der Waals surface area contributed by atoms with Crippen molar-refractivity contribution in [3.63, 3.8) is 0 Å². The molecule has 4 rings (SSSR count). The van der Waals surface area contributed by atoms with Crippen LogP contribution in [-0.2, 0) is 6.42 Å². The van der Waals surface area contributed by atoms with Crippen LogP contribution in [0.25, 0.3) is 0 Å². The average molecular weight is 395 g/mol. The minimum Gasteiger partial charge on any atom is -0.493 e. The van der Waals surface area contributed by atoms with Crippen molar-refractivity contribution < 1.29 is 18.4 Å². The van der Waals surface area contributed by atoms with Crippen LogP contribution in [0.2, 0.25) is 0 Å². The molecule has 1 aromatic heterocycles. The van der Waals surface area contributed by atoms with Crippen molar-refractivity contribution in [2.75, 3.05) is 19.7 Å². The Morgan fingerprint density at radius 2 is 2.10 bits per heavy atom. The molecule has 0 radical (unpaired) electrons. The van der Waals surface area contributed by atoms with Crippen LogP contribution in [0.5, 0.6) is 5.75 Å². The second-order valence-corrected chi connectivity index (χ2v) is 7.21. The number of aromatic nitrogens is 2. The Bertz CT molecular complexity index is 987. The summed E-state index contributed by atoms with van der Waals surface area (Å²) in [5, 5.41) is 4.02. The molecule has 1 saturated heterocycles. The highest BCUT2D eigenvalue weighted by Gasteiger charge is 2.31. The number of nitrogens with zero attached hydrogens (tertiary/aromatic N) is 3. The van der Waals surface area contributed by atoms with Gasteiger partial charge >= 0.3 is 0 Å². The molecule has 0 spiro atoms. The van der Waals surface area contributed by atoms with Crippen molar-refractivity contribution in [2.24, 2.45) is 0 Å². The van der Waals surface area contributed by atoms with Crippen molar-refractivity contribution in [1.82, 2.24) is 15.0 Å². The van der Waals surface area contributed by atoms with E-state index in [-0.39, 0.29) is 17.6 Å². The summed E-state index contributed by atoms with van der Waals surface area (Å²) in [7, 11) is 0. The number of ether oxygens (including phenoxy) is 1. The lowest BCUT2D eigenvalue weighted by Gasteiger charge is -2.16. The molecule has 6 nitrogen and oxygen atoms in total. The van der Waals surface area contributed by atoms with E-state index in [1.54, 1.807) is 12.1 Å². The Hall–Kier alpha value is -3.22. The van der Waals surface area contributed by atoms with E-state index in [0.29, 0.717) is 49.1 Å². The highest BCUT2D eigenvalue weighted by Crippen LogP contribution is 2.27. The number of amides is 1. The normalized spacial score (nSPS) is 16.2. The zero-order valence-electron chi connectivity index (χ0n) is 16.2. The van der Waals surface area contributed by atoms with E-state index in [2.05, 4.69) is 10.1 Å². The highest BCUT2D eigenvalue weighted by molar-refractivity contribution is 5.94. The minimum absolute atomic E-state index is 0.0311. The smallest absolute Gasteiger partial charge is 0.253 e. The average Bonchev–Trinajstić information content (AvgIpc) is 3.38. The van der Waals surface area contributed by atoms with Crippen LogP contribution in [0.1, 0.15) is 40.0 Å². The SMILES string of the molecule is Cc1cccc(C(=O)N2CCC(c3nc(CCOc4ccc(F)cc4)no3)C2)c1. The Labute approximate surface area is 168 Å². The Balaban J connectivity index is 1.30. The number of carbonyl (C=O) groups is 1. The predicted octanol–water partition coefficient (Wildman–Crippen LogP) is 3.77. The van der Waals surface area contributed by atoms with Gasteiger partial charge in [0, 0.05) is 25.1 Å². The molecule has 7 heteroatoms. The molecule has 0 bridgehead atoms. The zero-order chi connectivity index (χ0) is 20.2. The lowest BCUT2D eigenvalue weighted by atomic mass is 10.1. The second-order valence-electron chi connectivity index (χ2n) is 7.21. The molecule has 1 amide bonds. The molecule has 0 aliphatic carbocycles. The van der Waals surface area contributed by atoms with E-state index in [4.69, 9.17) is 9.26 Å². The quantitative estimate of drug-likeness (QED) is 0.636. The van der Waals surface area contributed by atoms with E-state index in [9.17, 15) is 9.18 Å². The number of benzene rings is 2. The Kier molecular flexibility index (Phi) is 5.55. The Morgan fingerprint density at radius 3 is 2.90 bits per heavy atom. The van der Waals surface area contributed by atoms with Crippen molar-refractivity contribution >= 4 is 5.91 Å². The molecule has 0 N–H and O–H groups in total. The van der Waals surface area contributed by atoms with Crippen molar-refractivity contribution in [3.8, 4) is 5.75 Å². The minimum atomic E-state index is -0.299. The fraction of sp³-hybridized carbons (Fsp3) is 0.318. The summed E-state index contributed by atoms with van der Waals surface area (Å²) < 4.78 is 23.9. The molecule has 2 heterocycles. The fourth-order valence-electron chi connectivity index (χ4n) is 3.43. The van der Waals surface area contributed by atoms with Crippen LogP contribution in [0.15, 0.2) is 53.1 Å². The summed E-state index contributed by atoms with van der Waals surface area (Å²) in [5.74, 6) is 1.49. The molecule has 3 aromatic rings. The standard InChI is InChI=1S/C22H22FN3O3/c1-15-3-2-4-16(13-15)22(27)26-11-9-17(14-26)21-24-20(25-29-21)10-12-28-19-7-5-18(23)6-8-19/h2-8,13,17H,9-12,14H2,1H3. The zero-order valence-corrected chi connectivity index (χ0v) is 16.2. The van der Waals surface area contributed by atoms with E-state index in [1.807, 2.05) is 36.1 Å². The number of carbonyl (C=O) groups excluding carboxylic acids is 1. The molecular weight excluding hydrogens is 373 g/mol. The molecule has 2 aromatic carbocycles. The monoisotopic (exact) mass is 395 g/mol. The van der Waals surface area contributed by atoms with Crippen LogP contribution in [-0.4, -0.2) is 40.6 Å². The van der Waals surface area contributed by atoms with Gasteiger partial charge in [0.15, 0.2) is 5.82 Å². The van der Waals surface area contributed by atoms with E-state index >= 15 is 0 Å². The first-order valence-corrected chi connectivity index (χ1v) is 9.65. The maximum Gasteiger partial charge on any atom is 0.253 e. The van der Waals surface area contributed by atoms with Crippen molar-refractivity contribution in [3.05, 3.63) is 77.2 Å². The van der Waals surface area contributed by atoms with Crippen molar-refractivity contribution in [1.29, 1.82) is 0 Å². The fourth-order valence-corrected chi connectivity index (χ4v) is 3.43. The van der Waals surface area contributed by atoms with Gasteiger partial charge in [0.2, 0.25) is 5.89 Å². The van der Waals surface area contributed by atoms with E-state index < -0.39 is 0 Å². The second kappa shape index (κ2) is 8.43. The van der Waals surface area contributed by atoms with Gasteiger partial charge in [0.05, 0.1) is 12.5 Å². The van der Waals surface area contributed by atoms with E-state index in [1.165, 1.54) is 12.1 Å².